The van der Waals surface area contributed by atoms with E-state index in [0.29, 0.717) is 0 Å². The van der Waals surface area contributed by atoms with E-state index < -0.39 is 0 Å². The molecule has 2 aromatic carbocycles. The molecule has 3 aromatic rings. The van der Waals surface area contributed by atoms with Gasteiger partial charge in [0.1, 0.15) is 11.2 Å². The molecular weight excluding hydrogens is 381 g/mol. The molecule has 80 valence electrons. The van der Waals surface area contributed by atoms with E-state index in [9.17, 15) is 0 Å². The van der Waals surface area contributed by atoms with Crippen molar-refractivity contribution in [2.45, 2.75) is 0 Å². The molecule has 16 heavy (non-hydrogen) atoms. The standard InChI is InChI=1S/C14H7O.Au/c1-2-10-7-8-12-11-5-3-4-6-13(11)15-14(12)9-10;/h3-9H;/q-1;+1. The summed E-state index contributed by atoms with van der Waals surface area (Å²) in [6.07, 6.45) is 7.06. The van der Waals surface area contributed by atoms with Crippen LogP contribution in [0.25, 0.3) is 21.9 Å². The van der Waals surface area contributed by atoms with E-state index in [-0.39, 0.29) is 22.4 Å². The molecule has 1 heterocycles. The Labute approximate surface area is 109 Å². The first kappa shape index (κ1) is 11.0. The molecule has 0 bridgehead atoms. The Bertz CT molecular complexity index is 689. The quantitative estimate of drug-likeness (QED) is 0.326. The number of rotatable bonds is 0. The van der Waals surface area contributed by atoms with Gasteiger partial charge in [-0.25, -0.2) is 0 Å². The van der Waals surface area contributed by atoms with Gasteiger partial charge in [-0.3, -0.25) is 5.92 Å². The summed E-state index contributed by atoms with van der Waals surface area (Å²) in [6.45, 7) is 0. The van der Waals surface area contributed by atoms with Crippen LogP contribution in [0.4, 0.5) is 0 Å². The van der Waals surface area contributed by atoms with Gasteiger partial charge in [0.2, 0.25) is 0 Å². The number of hydrogen-bond acceptors (Lipinski definition) is 1. The summed E-state index contributed by atoms with van der Waals surface area (Å²) in [6, 6.07) is 13.6. The summed E-state index contributed by atoms with van der Waals surface area (Å²) in [5, 5.41) is 2.20. The normalized spacial score (nSPS) is 9.94. The van der Waals surface area contributed by atoms with E-state index >= 15 is 0 Å². The molecule has 0 saturated carbocycles. The minimum absolute atomic E-state index is 0. The molecule has 0 fully saturated rings. The smallest absolute Gasteiger partial charge is 0.458 e. The molecule has 1 aromatic heterocycles. The van der Waals surface area contributed by atoms with Crippen LogP contribution in [0.3, 0.4) is 0 Å². The van der Waals surface area contributed by atoms with Crippen LogP contribution in [0.5, 0.6) is 0 Å². The summed E-state index contributed by atoms with van der Waals surface area (Å²) in [5.41, 5.74) is 2.43. The van der Waals surface area contributed by atoms with Gasteiger partial charge in [0.15, 0.2) is 0 Å². The second kappa shape index (κ2) is 4.19. The van der Waals surface area contributed by atoms with Gasteiger partial charge in [-0.15, -0.1) is 11.6 Å². The maximum atomic E-state index is 7.06. The zero-order chi connectivity index (χ0) is 10.3. The van der Waals surface area contributed by atoms with Crippen molar-refractivity contribution in [1.82, 2.24) is 0 Å². The van der Waals surface area contributed by atoms with Crippen LogP contribution >= 0.6 is 0 Å². The Hall–Kier alpha value is -1.46. The van der Waals surface area contributed by atoms with E-state index in [1.54, 1.807) is 0 Å². The van der Waals surface area contributed by atoms with Crippen LogP contribution in [-0.2, 0) is 22.4 Å². The molecule has 0 aliphatic carbocycles. The van der Waals surface area contributed by atoms with Crippen LogP contribution in [0, 0.1) is 12.3 Å². The topological polar surface area (TPSA) is 13.1 Å². The van der Waals surface area contributed by atoms with Crippen molar-refractivity contribution in [2.75, 3.05) is 0 Å². The van der Waals surface area contributed by atoms with Crippen molar-refractivity contribution >= 4 is 21.9 Å². The first-order valence-corrected chi connectivity index (χ1v) is 4.72. The molecule has 0 unspecified atom stereocenters. The second-order valence-corrected chi connectivity index (χ2v) is 3.43. The predicted molar refractivity (Wildman–Crippen MR) is 60.0 cm³/mol. The zero-order valence-corrected chi connectivity index (χ0v) is 10.4. The van der Waals surface area contributed by atoms with Crippen LogP contribution in [0.15, 0.2) is 46.9 Å². The average Bonchev–Trinajstić information content (AvgIpc) is 2.66. The Morgan fingerprint density at radius 2 is 1.69 bits per heavy atom. The minimum atomic E-state index is 0. The van der Waals surface area contributed by atoms with Crippen molar-refractivity contribution in [3.8, 4) is 5.92 Å². The molecule has 0 amide bonds. The predicted octanol–water partition coefficient (Wildman–Crippen LogP) is 3.52. The van der Waals surface area contributed by atoms with Gasteiger partial charge in [-0.05, 0) is 6.07 Å². The van der Waals surface area contributed by atoms with Gasteiger partial charge in [-0.2, -0.15) is 0 Å². The third-order valence-electron chi connectivity index (χ3n) is 2.52. The van der Waals surface area contributed by atoms with E-state index in [2.05, 4.69) is 5.92 Å². The number of fused-ring (bicyclic) bond motifs is 3. The van der Waals surface area contributed by atoms with Gasteiger partial charge in [0.25, 0.3) is 0 Å². The molecule has 0 atom stereocenters. The zero-order valence-electron chi connectivity index (χ0n) is 8.25. The molecule has 0 N–H and O–H groups in total. The maximum Gasteiger partial charge on any atom is 1.00 e. The molecule has 2 heteroatoms. The fourth-order valence-corrected chi connectivity index (χ4v) is 1.80. The molecule has 0 saturated heterocycles. The first-order chi connectivity index (χ1) is 7.38. The van der Waals surface area contributed by atoms with Gasteiger partial charge in [-0.1, -0.05) is 30.3 Å². The fourth-order valence-electron chi connectivity index (χ4n) is 1.80. The number of hydrogen-bond donors (Lipinski definition) is 0. The van der Waals surface area contributed by atoms with Gasteiger partial charge >= 0.3 is 22.4 Å². The monoisotopic (exact) mass is 388 g/mol. The second-order valence-electron chi connectivity index (χ2n) is 3.43. The van der Waals surface area contributed by atoms with Crippen LogP contribution < -0.4 is 0 Å². The van der Waals surface area contributed by atoms with Gasteiger partial charge < -0.3 is 10.8 Å². The van der Waals surface area contributed by atoms with E-state index in [1.165, 1.54) is 0 Å². The van der Waals surface area contributed by atoms with Crippen LogP contribution in [0.1, 0.15) is 5.56 Å². The average molecular weight is 388 g/mol. The molecule has 0 radical (unpaired) electrons. The van der Waals surface area contributed by atoms with Crippen LogP contribution in [0.2, 0.25) is 0 Å². The summed E-state index contributed by atoms with van der Waals surface area (Å²) in [4.78, 5) is 0. The molecule has 1 nitrogen and oxygen atoms in total. The van der Waals surface area contributed by atoms with Crippen molar-refractivity contribution in [1.29, 1.82) is 0 Å². The molecule has 0 spiro atoms. The molecule has 3 rings (SSSR count). The van der Waals surface area contributed by atoms with Crippen molar-refractivity contribution < 1.29 is 26.8 Å². The largest absolute Gasteiger partial charge is 1.00 e. The summed E-state index contributed by atoms with van der Waals surface area (Å²) in [5.74, 6) is 2.35. The molecule has 0 aliphatic rings. The molecule has 0 aliphatic heterocycles. The third-order valence-corrected chi connectivity index (χ3v) is 2.52. The van der Waals surface area contributed by atoms with Crippen molar-refractivity contribution in [3.63, 3.8) is 0 Å². The third kappa shape index (κ3) is 1.58. The Morgan fingerprint density at radius 1 is 0.938 bits per heavy atom. The van der Waals surface area contributed by atoms with Gasteiger partial charge in [0, 0.05) is 10.8 Å². The summed E-state index contributed by atoms with van der Waals surface area (Å²) >= 11 is 0. The Morgan fingerprint density at radius 3 is 2.50 bits per heavy atom. The maximum absolute atomic E-state index is 7.06. The molecular formula is C14H7AuO. The fraction of sp³-hybridized carbons (Fsp3) is 0. The Balaban J connectivity index is 0.000000963. The number of furan rings is 1. The van der Waals surface area contributed by atoms with Crippen LogP contribution in [-0.4, -0.2) is 0 Å². The van der Waals surface area contributed by atoms with Gasteiger partial charge in [0.05, 0.1) is 0 Å². The number of para-hydroxylation sites is 1. The SMILES string of the molecule is [Au+].[C-]#Cc1ccc2c(c1)oc1ccccc12. The van der Waals surface area contributed by atoms with E-state index in [1.807, 2.05) is 42.5 Å². The minimum Gasteiger partial charge on any atom is -0.458 e. The van der Waals surface area contributed by atoms with E-state index in [4.69, 9.17) is 10.8 Å². The van der Waals surface area contributed by atoms with Crippen molar-refractivity contribution in [3.05, 3.63) is 54.5 Å². The number of benzene rings is 2. The van der Waals surface area contributed by atoms with E-state index in [0.717, 1.165) is 27.5 Å². The van der Waals surface area contributed by atoms with Crippen molar-refractivity contribution in [2.24, 2.45) is 0 Å². The Kier molecular flexibility index (Phi) is 2.89. The first-order valence-electron chi connectivity index (χ1n) is 4.72. The summed E-state index contributed by atoms with van der Waals surface area (Å²) < 4.78 is 5.67. The summed E-state index contributed by atoms with van der Waals surface area (Å²) in [7, 11) is 0.